The van der Waals surface area contributed by atoms with Crippen LogP contribution >= 0.6 is 0 Å². The maximum atomic E-state index is 14.3. The second-order valence-electron chi connectivity index (χ2n) is 19.3. The Morgan fingerprint density at radius 1 is 0.525 bits per heavy atom. The lowest BCUT2D eigenvalue weighted by Gasteiger charge is -2.29. The van der Waals surface area contributed by atoms with E-state index in [0.29, 0.717) is 24.0 Å². The standard InChI is InChI=1S/C49H76N12O15.C2H4O2/c1-25(2)22-37(48(75)76)59-42(69)33(9-5-6-20-50)55-43(70)34(18-19-38(66)67)56-44(71)35(23-28-10-14-30(64)15-11-28)57-47(74)40(27(4)63)61-45(72)36(24-29-12-16-31(65)17-13-29)58-46(73)39(26(3)62)60-41(68)32(51)8-7-21-54-49(52)53;1-2(3)4/h10-17,25-27,32-37,39-40,62-65H,5-9,18-24,50-51H2,1-4H3,(H,55,70)(H,56,71)(H,57,74)(H,58,73)(H,59,69)(H,60,68)(H,61,72)(H,66,67)(H,75,76)(H4,52,53,54);1H3,(H,3,4)/t26-,27-,32+,33+,34+,35+,36+,37+,39+,40+;/m1./s1. The molecule has 2 aromatic carbocycles. The number of guanidine groups is 1. The van der Waals surface area contributed by atoms with E-state index in [1.807, 2.05) is 0 Å². The molecule has 22 N–H and O–H groups in total. The van der Waals surface area contributed by atoms with Gasteiger partial charge in [0.1, 0.15) is 53.8 Å². The third-order valence-electron chi connectivity index (χ3n) is 11.6. The number of hydrogen-bond donors (Lipinski definition) is 18. The molecule has 0 heterocycles. The highest BCUT2D eigenvalue weighted by Crippen LogP contribution is 2.15. The van der Waals surface area contributed by atoms with Crippen LogP contribution in [0.4, 0.5) is 0 Å². The van der Waals surface area contributed by atoms with Crippen LogP contribution in [0.3, 0.4) is 0 Å². The highest BCUT2D eigenvalue weighted by atomic mass is 16.4. The quantitative estimate of drug-likeness (QED) is 0.0185. The number of carboxylic acids is 3. The van der Waals surface area contributed by atoms with Crippen molar-refractivity contribution in [3.05, 3.63) is 59.7 Å². The molecule has 2 aromatic rings. The number of unbranched alkanes of at least 4 members (excludes halogenated alkanes) is 1. The predicted octanol–water partition coefficient (Wildman–Crippen LogP) is -3.37. The minimum absolute atomic E-state index is 0.0239. The zero-order valence-electron chi connectivity index (χ0n) is 45.4. The van der Waals surface area contributed by atoms with Crippen LogP contribution in [-0.2, 0) is 60.8 Å². The number of aliphatic hydroxyl groups excluding tert-OH is 2. The van der Waals surface area contributed by atoms with Gasteiger partial charge in [0.15, 0.2) is 5.96 Å². The molecule has 0 fully saturated rings. The van der Waals surface area contributed by atoms with Gasteiger partial charge in [0.2, 0.25) is 41.4 Å². The van der Waals surface area contributed by atoms with Crippen molar-refractivity contribution in [3.8, 4) is 11.5 Å². The summed E-state index contributed by atoms with van der Waals surface area (Å²) in [6.45, 7) is 7.27. The Balaban J connectivity index is 0.00000772. The van der Waals surface area contributed by atoms with Crippen LogP contribution in [0, 0.1) is 5.92 Å². The summed E-state index contributed by atoms with van der Waals surface area (Å²) in [5.41, 5.74) is 23.0. The van der Waals surface area contributed by atoms with Gasteiger partial charge < -0.3 is 95.9 Å². The molecule has 0 aliphatic rings. The van der Waals surface area contributed by atoms with Crippen LogP contribution in [-0.4, -0.2) is 175 Å². The van der Waals surface area contributed by atoms with Crippen molar-refractivity contribution in [1.29, 1.82) is 0 Å². The number of benzene rings is 2. The normalized spacial score (nSPS) is 14.6. The summed E-state index contributed by atoms with van der Waals surface area (Å²) < 4.78 is 0. The van der Waals surface area contributed by atoms with Gasteiger partial charge in [-0.15, -0.1) is 0 Å². The van der Waals surface area contributed by atoms with Crippen LogP contribution < -0.4 is 60.2 Å². The number of nitrogens with zero attached hydrogens (tertiary/aromatic N) is 1. The van der Waals surface area contributed by atoms with E-state index in [1.54, 1.807) is 13.8 Å². The minimum Gasteiger partial charge on any atom is -0.508 e. The lowest BCUT2D eigenvalue weighted by Crippen LogP contribution is -2.63. The van der Waals surface area contributed by atoms with Crippen LogP contribution in [0.5, 0.6) is 11.5 Å². The van der Waals surface area contributed by atoms with E-state index in [-0.39, 0.29) is 75.0 Å². The number of aromatic hydroxyl groups is 2. The number of aliphatic imine (C=N–C) groups is 1. The zero-order chi connectivity index (χ0) is 60.8. The molecule has 10 atom stereocenters. The molecule has 7 amide bonds. The van der Waals surface area contributed by atoms with E-state index >= 15 is 0 Å². The summed E-state index contributed by atoms with van der Waals surface area (Å²) in [5, 5.41) is 85.2. The molecule has 0 aliphatic carbocycles. The number of amides is 7. The van der Waals surface area contributed by atoms with E-state index < -0.39 is 133 Å². The summed E-state index contributed by atoms with van der Waals surface area (Å²) in [6.07, 6.45) is -4.07. The van der Waals surface area contributed by atoms with Gasteiger partial charge in [0, 0.05) is 32.7 Å². The van der Waals surface area contributed by atoms with E-state index in [0.717, 1.165) is 13.8 Å². The highest BCUT2D eigenvalue weighted by Gasteiger charge is 2.37. The van der Waals surface area contributed by atoms with Crippen molar-refractivity contribution in [2.45, 2.75) is 159 Å². The third-order valence-corrected chi connectivity index (χ3v) is 11.6. The number of aliphatic hydroxyl groups is 2. The average molecular weight is 1130 g/mol. The molecule has 80 heavy (non-hydrogen) atoms. The lowest BCUT2D eigenvalue weighted by atomic mass is 10.0. The Labute approximate surface area is 462 Å². The fraction of sp³-hybridized carbons (Fsp3) is 0.549. The predicted molar refractivity (Wildman–Crippen MR) is 289 cm³/mol. The van der Waals surface area contributed by atoms with Crippen LogP contribution in [0.1, 0.15) is 97.1 Å². The summed E-state index contributed by atoms with van der Waals surface area (Å²) in [7, 11) is 0. The molecular formula is C51H80N12O17. The van der Waals surface area contributed by atoms with Crippen LogP contribution in [0.15, 0.2) is 53.5 Å². The SMILES string of the molecule is CC(=O)O.CC(C)C[C@H](NC(=O)[C@H](CCCCN)NC(=O)[C@H](CCC(=O)O)NC(=O)[C@H](Cc1ccc(O)cc1)NC(=O)[C@@H](NC(=O)[C@H](Cc1ccc(O)cc1)NC(=O)[C@@H](NC(=O)[C@@H](N)CCCN=C(N)N)[C@@H](C)O)[C@@H](C)O)C(=O)O. The monoisotopic (exact) mass is 1130 g/mol. The topological polar surface area (TPSA) is 513 Å². The number of phenolic OH excluding ortho intramolecular Hbond substituents is 2. The molecular weight excluding hydrogens is 1050 g/mol. The molecule has 0 radical (unpaired) electrons. The Morgan fingerprint density at radius 2 is 0.912 bits per heavy atom. The van der Waals surface area contributed by atoms with E-state index in [4.69, 9.17) is 32.8 Å². The van der Waals surface area contributed by atoms with E-state index in [9.17, 15) is 73.8 Å². The molecule has 0 bridgehead atoms. The van der Waals surface area contributed by atoms with Gasteiger partial charge in [-0.1, -0.05) is 38.1 Å². The molecule has 0 unspecified atom stereocenters. The Kier molecular flexibility index (Phi) is 31.5. The number of carbonyl (C=O) groups excluding carboxylic acids is 7. The molecule has 0 saturated carbocycles. The second kappa shape index (κ2) is 36.1. The largest absolute Gasteiger partial charge is 0.508 e. The summed E-state index contributed by atoms with van der Waals surface area (Å²) in [6, 6.07) is -1.60. The first-order chi connectivity index (χ1) is 37.4. The lowest BCUT2D eigenvalue weighted by molar-refractivity contribution is -0.143. The van der Waals surface area contributed by atoms with E-state index in [2.05, 4.69) is 42.2 Å². The molecule has 0 saturated heterocycles. The number of aliphatic carboxylic acids is 3. The molecule has 446 valence electrons. The number of carboxylic acid groups (broad SMARTS) is 3. The number of hydrogen-bond acceptors (Lipinski definition) is 17. The highest BCUT2D eigenvalue weighted by molar-refractivity contribution is 5.98. The van der Waals surface area contributed by atoms with Crippen molar-refractivity contribution in [2.24, 2.45) is 33.8 Å². The van der Waals surface area contributed by atoms with Gasteiger partial charge in [-0.3, -0.25) is 48.1 Å². The number of nitrogens with one attached hydrogen (secondary N) is 7. The second-order valence-corrected chi connectivity index (χ2v) is 19.3. The molecule has 0 aliphatic heterocycles. The van der Waals surface area contributed by atoms with Gasteiger partial charge in [-0.2, -0.15) is 0 Å². The summed E-state index contributed by atoms with van der Waals surface area (Å²) in [4.78, 5) is 134. The van der Waals surface area contributed by atoms with Gasteiger partial charge in [0.25, 0.3) is 5.97 Å². The van der Waals surface area contributed by atoms with Gasteiger partial charge in [-0.25, -0.2) is 4.79 Å². The Hall–Kier alpha value is -8.15. The molecule has 0 aromatic heterocycles. The molecule has 2 rings (SSSR count). The first-order valence-electron chi connectivity index (χ1n) is 25.7. The fourth-order valence-electron chi connectivity index (χ4n) is 7.46. The Bertz CT molecular complexity index is 2380. The maximum Gasteiger partial charge on any atom is 0.326 e. The minimum atomic E-state index is -1.89. The molecule has 0 spiro atoms. The maximum absolute atomic E-state index is 14.3. The summed E-state index contributed by atoms with van der Waals surface area (Å²) in [5.74, 6) is -11.3. The first-order valence-corrected chi connectivity index (χ1v) is 25.7. The van der Waals surface area contributed by atoms with Crippen molar-refractivity contribution < 1.29 is 83.7 Å². The average Bonchev–Trinajstić information content (AvgIpc) is 3.36. The zero-order valence-corrected chi connectivity index (χ0v) is 45.4. The number of rotatable bonds is 34. The smallest absolute Gasteiger partial charge is 0.326 e. The molecule has 29 nitrogen and oxygen atoms in total. The number of carbonyl (C=O) groups is 10. The van der Waals surface area contributed by atoms with Gasteiger partial charge in [-0.05, 0) is 107 Å². The number of nitrogens with two attached hydrogens (primary N) is 4. The summed E-state index contributed by atoms with van der Waals surface area (Å²) >= 11 is 0. The van der Waals surface area contributed by atoms with Crippen molar-refractivity contribution in [2.75, 3.05) is 13.1 Å². The van der Waals surface area contributed by atoms with Crippen molar-refractivity contribution >= 4 is 65.2 Å². The van der Waals surface area contributed by atoms with Crippen molar-refractivity contribution in [1.82, 2.24) is 37.2 Å². The van der Waals surface area contributed by atoms with Crippen LogP contribution in [0.2, 0.25) is 0 Å². The van der Waals surface area contributed by atoms with Crippen LogP contribution in [0.25, 0.3) is 0 Å². The van der Waals surface area contributed by atoms with Crippen molar-refractivity contribution in [3.63, 3.8) is 0 Å². The van der Waals surface area contributed by atoms with E-state index in [1.165, 1.54) is 55.5 Å². The molecule has 29 heteroatoms. The fourth-order valence-corrected chi connectivity index (χ4v) is 7.46. The van der Waals surface area contributed by atoms with Gasteiger partial charge >= 0.3 is 11.9 Å². The Morgan fingerprint density at radius 3 is 1.30 bits per heavy atom. The van der Waals surface area contributed by atoms with Gasteiger partial charge in [0.05, 0.1) is 18.2 Å². The number of phenols is 2. The third kappa shape index (κ3) is 27.9. The first kappa shape index (κ1) is 69.9.